The van der Waals surface area contributed by atoms with E-state index in [1.807, 2.05) is 6.07 Å². The standard InChI is InChI=1S/C14H22O/c1-10(2)8-11-6-7-12(9-13(11)15)14(3,4)5/h6-7,9-10,15H,8H2,1-5H3. The molecular weight excluding hydrogens is 184 g/mol. The van der Waals surface area contributed by atoms with Crippen molar-refractivity contribution in [2.45, 2.75) is 46.5 Å². The largest absolute Gasteiger partial charge is 0.508 e. The molecule has 1 rings (SSSR count). The Labute approximate surface area is 93.1 Å². The Morgan fingerprint density at radius 2 is 1.80 bits per heavy atom. The first kappa shape index (κ1) is 12.1. The second-order valence-electron chi connectivity index (χ2n) is 5.69. The van der Waals surface area contributed by atoms with Gasteiger partial charge in [0.05, 0.1) is 0 Å². The Bertz CT molecular complexity index is 332. The molecule has 0 saturated heterocycles. The van der Waals surface area contributed by atoms with E-state index in [0.717, 1.165) is 12.0 Å². The molecule has 1 aromatic rings. The third-order valence-electron chi connectivity index (χ3n) is 2.58. The lowest BCUT2D eigenvalue weighted by Gasteiger charge is -2.20. The Kier molecular flexibility index (Phi) is 3.43. The van der Waals surface area contributed by atoms with Crippen molar-refractivity contribution in [3.05, 3.63) is 29.3 Å². The van der Waals surface area contributed by atoms with Crippen LogP contribution in [0.2, 0.25) is 0 Å². The van der Waals surface area contributed by atoms with Crippen LogP contribution in [0.25, 0.3) is 0 Å². The maximum atomic E-state index is 9.90. The molecule has 0 fully saturated rings. The number of benzene rings is 1. The molecule has 1 nitrogen and oxygen atoms in total. The zero-order chi connectivity index (χ0) is 11.6. The number of phenolic OH excluding ortho intramolecular Hbond substituents is 1. The van der Waals surface area contributed by atoms with E-state index in [0.29, 0.717) is 11.7 Å². The summed E-state index contributed by atoms with van der Waals surface area (Å²) in [6.07, 6.45) is 0.941. The van der Waals surface area contributed by atoms with Crippen molar-refractivity contribution in [2.75, 3.05) is 0 Å². The molecule has 84 valence electrons. The SMILES string of the molecule is CC(C)Cc1ccc(C(C)(C)C)cc1O. The molecule has 0 aliphatic heterocycles. The Balaban J connectivity index is 2.98. The molecule has 0 aliphatic carbocycles. The van der Waals surface area contributed by atoms with Crippen LogP contribution in [0.4, 0.5) is 0 Å². The molecule has 0 saturated carbocycles. The predicted molar refractivity (Wildman–Crippen MR) is 65.3 cm³/mol. The summed E-state index contributed by atoms with van der Waals surface area (Å²) in [6.45, 7) is 10.8. The lowest BCUT2D eigenvalue weighted by atomic mass is 9.86. The highest BCUT2D eigenvalue weighted by atomic mass is 16.3. The molecule has 0 heterocycles. The summed E-state index contributed by atoms with van der Waals surface area (Å²) < 4.78 is 0. The fourth-order valence-electron chi connectivity index (χ4n) is 1.64. The molecule has 1 N–H and O–H groups in total. The van der Waals surface area contributed by atoms with E-state index in [4.69, 9.17) is 0 Å². The molecule has 0 aliphatic rings. The van der Waals surface area contributed by atoms with Crippen molar-refractivity contribution in [3.63, 3.8) is 0 Å². The van der Waals surface area contributed by atoms with Gasteiger partial charge >= 0.3 is 0 Å². The molecule has 1 aromatic carbocycles. The van der Waals surface area contributed by atoms with Gasteiger partial charge in [0.2, 0.25) is 0 Å². The van der Waals surface area contributed by atoms with E-state index in [2.05, 4.69) is 46.8 Å². The molecule has 0 aromatic heterocycles. The molecule has 15 heavy (non-hydrogen) atoms. The molecule has 0 atom stereocenters. The van der Waals surface area contributed by atoms with Crippen molar-refractivity contribution in [1.82, 2.24) is 0 Å². The van der Waals surface area contributed by atoms with Crippen LogP contribution in [0, 0.1) is 5.92 Å². The molecule has 0 amide bonds. The van der Waals surface area contributed by atoms with Gasteiger partial charge < -0.3 is 5.11 Å². The maximum Gasteiger partial charge on any atom is 0.119 e. The summed E-state index contributed by atoms with van der Waals surface area (Å²) in [7, 11) is 0. The van der Waals surface area contributed by atoms with Crippen molar-refractivity contribution in [2.24, 2.45) is 5.92 Å². The zero-order valence-corrected chi connectivity index (χ0v) is 10.5. The van der Waals surface area contributed by atoms with Crippen LogP contribution < -0.4 is 0 Å². The summed E-state index contributed by atoms with van der Waals surface area (Å²) in [5.41, 5.74) is 2.35. The summed E-state index contributed by atoms with van der Waals surface area (Å²) in [4.78, 5) is 0. The normalized spacial score (nSPS) is 12.1. The first-order valence-corrected chi connectivity index (χ1v) is 5.63. The topological polar surface area (TPSA) is 20.2 Å². The van der Waals surface area contributed by atoms with Gasteiger partial charge in [-0.05, 0) is 34.9 Å². The maximum absolute atomic E-state index is 9.90. The fourth-order valence-corrected chi connectivity index (χ4v) is 1.64. The van der Waals surface area contributed by atoms with E-state index in [1.165, 1.54) is 5.56 Å². The minimum absolute atomic E-state index is 0.105. The number of phenols is 1. The highest BCUT2D eigenvalue weighted by molar-refractivity contribution is 5.39. The summed E-state index contributed by atoms with van der Waals surface area (Å²) in [6, 6.07) is 6.07. The number of rotatable bonds is 2. The van der Waals surface area contributed by atoms with Gasteiger partial charge in [0.15, 0.2) is 0 Å². The second kappa shape index (κ2) is 4.26. The zero-order valence-electron chi connectivity index (χ0n) is 10.5. The van der Waals surface area contributed by atoms with Crippen molar-refractivity contribution in [3.8, 4) is 5.75 Å². The van der Waals surface area contributed by atoms with Crippen LogP contribution in [0.3, 0.4) is 0 Å². The highest BCUT2D eigenvalue weighted by Gasteiger charge is 2.15. The highest BCUT2D eigenvalue weighted by Crippen LogP contribution is 2.28. The van der Waals surface area contributed by atoms with E-state index >= 15 is 0 Å². The van der Waals surface area contributed by atoms with E-state index in [-0.39, 0.29) is 5.41 Å². The lowest BCUT2D eigenvalue weighted by Crippen LogP contribution is -2.11. The third kappa shape index (κ3) is 3.26. The van der Waals surface area contributed by atoms with Gasteiger partial charge in [0, 0.05) is 0 Å². The number of hydrogen-bond donors (Lipinski definition) is 1. The summed E-state index contributed by atoms with van der Waals surface area (Å²) >= 11 is 0. The van der Waals surface area contributed by atoms with Crippen molar-refractivity contribution < 1.29 is 5.11 Å². The van der Waals surface area contributed by atoms with Crippen molar-refractivity contribution >= 4 is 0 Å². The molecule has 0 bridgehead atoms. The minimum atomic E-state index is 0.105. The number of aromatic hydroxyl groups is 1. The van der Waals surface area contributed by atoms with Crippen LogP contribution in [0.15, 0.2) is 18.2 Å². The first-order chi connectivity index (χ1) is 6.80. The van der Waals surface area contributed by atoms with E-state index in [1.54, 1.807) is 0 Å². The average Bonchev–Trinajstić information content (AvgIpc) is 2.05. The van der Waals surface area contributed by atoms with Crippen LogP contribution in [-0.4, -0.2) is 5.11 Å². The van der Waals surface area contributed by atoms with Gasteiger partial charge in [0.25, 0.3) is 0 Å². The Hall–Kier alpha value is -0.980. The van der Waals surface area contributed by atoms with Crippen molar-refractivity contribution in [1.29, 1.82) is 0 Å². The van der Waals surface area contributed by atoms with Gasteiger partial charge in [-0.1, -0.05) is 46.8 Å². The summed E-state index contributed by atoms with van der Waals surface area (Å²) in [5, 5.41) is 9.90. The van der Waals surface area contributed by atoms with Gasteiger partial charge in [-0.2, -0.15) is 0 Å². The van der Waals surface area contributed by atoms with Crippen LogP contribution in [0.5, 0.6) is 5.75 Å². The first-order valence-electron chi connectivity index (χ1n) is 5.63. The third-order valence-corrected chi connectivity index (χ3v) is 2.58. The van der Waals surface area contributed by atoms with Gasteiger partial charge in [-0.15, -0.1) is 0 Å². The molecular formula is C14H22O. The lowest BCUT2D eigenvalue weighted by molar-refractivity contribution is 0.458. The van der Waals surface area contributed by atoms with Crippen LogP contribution in [-0.2, 0) is 11.8 Å². The van der Waals surface area contributed by atoms with Crippen LogP contribution in [0.1, 0.15) is 45.7 Å². The monoisotopic (exact) mass is 206 g/mol. The van der Waals surface area contributed by atoms with E-state index in [9.17, 15) is 5.11 Å². The Morgan fingerprint density at radius 3 is 2.20 bits per heavy atom. The van der Waals surface area contributed by atoms with Gasteiger partial charge in [-0.25, -0.2) is 0 Å². The fraction of sp³-hybridized carbons (Fsp3) is 0.571. The smallest absolute Gasteiger partial charge is 0.119 e. The van der Waals surface area contributed by atoms with E-state index < -0.39 is 0 Å². The molecule has 0 spiro atoms. The molecule has 0 radical (unpaired) electrons. The molecule has 0 unspecified atom stereocenters. The summed E-state index contributed by atoms with van der Waals surface area (Å²) in [5.74, 6) is 1.02. The predicted octanol–water partition coefficient (Wildman–Crippen LogP) is 3.89. The number of hydrogen-bond acceptors (Lipinski definition) is 1. The minimum Gasteiger partial charge on any atom is -0.508 e. The Morgan fingerprint density at radius 1 is 1.20 bits per heavy atom. The molecule has 1 heteroatoms. The average molecular weight is 206 g/mol. The second-order valence-corrected chi connectivity index (χ2v) is 5.69. The van der Waals surface area contributed by atoms with Gasteiger partial charge in [-0.3, -0.25) is 0 Å². The van der Waals surface area contributed by atoms with Crippen LogP contribution >= 0.6 is 0 Å². The van der Waals surface area contributed by atoms with Gasteiger partial charge in [0.1, 0.15) is 5.75 Å². The quantitative estimate of drug-likeness (QED) is 0.778.